The quantitative estimate of drug-likeness (QED) is 0.554. The molecule has 1 heterocycles. The second kappa shape index (κ2) is 5.89. The van der Waals surface area contributed by atoms with E-state index in [-0.39, 0.29) is 21.2 Å². The lowest BCUT2D eigenvalue weighted by atomic mass is 9.99. The minimum absolute atomic E-state index is 0.0334. The van der Waals surface area contributed by atoms with Crippen molar-refractivity contribution in [2.45, 2.75) is 94.2 Å². The van der Waals surface area contributed by atoms with E-state index in [1.807, 2.05) is 11.8 Å². The summed E-state index contributed by atoms with van der Waals surface area (Å²) in [6.45, 7) is 13.1. The van der Waals surface area contributed by atoms with Gasteiger partial charge in [-0.25, -0.2) is 0 Å². The predicted molar refractivity (Wildman–Crippen MR) is 91.0 cm³/mol. The summed E-state index contributed by atoms with van der Waals surface area (Å²) in [6.07, 6.45) is 6.03. The first kappa shape index (κ1) is 17.4. The molecule has 122 valence electrons. The van der Waals surface area contributed by atoms with E-state index in [1.54, 1.807) is 0 Å². The summed E-state index contributed by atoms with van der Waals surface area (Å²) in [5, 5.41) is 0.245. The molecule has 1 saturated heterocycles. The van der Waals surface area contributed by atoms with E-state index < -0.39 is 8.32 Å². The topological polar surface area (TPSA) is 35.5 Å². The number of rotatable bonds is 3. The Morgan fingerprint density at radius 2 is 1.90 bits per heavy atom. The molecular weight excluding hydrogens is 300 g/mol. The molecule has 1 aliphatic heterocycles. The van der Waals surface area contributed by atoms with E-state index in [9.17, 15) is 4.79 Å². The second-order valence-electron chi connectivity index (χ2n) is 8.02. The Hall–Kier alpha value is -0.00312. The maximum Gasteiger partial charge on any atom is 0.303 e. The zero-order valence-corrected chi connectivity index (χ0v) is 16.1. The zero-order valence-electron chi connectivity index (χ0n) is 14.3. The van der Waals surface area contributed by atoms with Gasteiger partial charge in [0, 0.05) is 11.7 Å². The molecule has 0 bridgehead atoms. The molecule has 2 rings (SSSR count). The molecule has 2 aliphatic rings. The zero-order chi connectivity index (χ0) is 15.9. The molecule has 0 amide bonds. The summed E-state index contributed by atoms with van der Waals surface area (Å²) < 4.78 is 12.3. The number of carbonyl (C=O) groups is 1. The highest BCUT2D eigenvalue weighted by Gasteiger charge is 2.53. The lowest BCUT2D eigenvalue weighted by Gasteiger charge is -2.42. The molecule has 1 spiro atoms. The van der Waals surface area contributed by atoms with Gasteiger partial charge in [0.1, 0.15) is 5.44 Å². The Kier molecular flexibility index (Phi) is 4.87. The number of carbonyl (C=O) groups excluding carboxylic acids is 1. The van der Waals surface area contributed by atoms with E-state index in [2.05, 4.69) is 33.9 Å². The molecule has 0 aromatic heterocycles. The minimum atomic E-state index is -1.74. The number of ether oxygens (including phenoxy) is 1. The fourth-order valence-corrected chi connectivity index (χ4v) is 6.39. The largest absolute Gasteiger partial charge is 0.451 e. The SMILES string of the molecule is CC(=O)O[C@@H]1CC[C@]2(CCC[C@@H]2O[Si](C)(C)C(C)(C)C)S1. The third-order valence-corrected chi connectivity index (χ3v) is 11.6. The first-order valence-corrected chi connectivity index (χ1v) is 11.9. The minimum Gasteiger partial charge on any atom is -0.451 e. The summed E-state index contributed by atoms with van der Waals surface area (Å²) in [4.78, 5) is 11.2. The third-order valence-electron chi connectivity index (χ3n) is 5.36. The Morgan fingerprint density at radius 1 is 1.24 bits per heavy atom. The molecule has 1 aliphatic carbocycles. The van der Waals surface area contributed by atoms with Crippen molar-refractivity contribution < 1.29 is 14.0 Å². The van der Waals surface area contributed by atoms with Gasteiger partial charge in [-0.1, -0.05) is 20.8 Å². The van der Waals surface area contributed by atoms with Gasteiger partial charge in [0.25, 0.3) is 0 Å². The van der Waals surface area contributed by atoms with Gasteiger partial charge in [0.15, 0.2) is 8.32 Å². The first-order valence-electron chi connectivity index (χ1n) is 8.09. The van der Waals surface area contributed by atoms with Crippen LogP contribution in [0.5, 0.6) is 0 Å². The lowest BCUT2D eigenvalue weighted by molar-refractivity contribution is -0.142. The summed E-state index contributed by atoms with van der Waals surface area (Å²) in [6, 6.07) is 0. The van der Waals surface area contributed by atoms with Crippen LogP contribution in [0, 0.1) is 0 Å². The molecule has 3 atom stereocenters. The molecular formula is C16H30O3SSi. The van der Waals surface area contributed by atoms with E-state index in [0.717, 1.165) is 19.3 Å². The Labute approximate surface area is 134 Å². The summed E-state index contributed by atoms with van der Waals surface area (Å²) in [5.41, 5.74) is 0.0334. The van der Waals surface area contributed by atoms with Crippen LogP contribution in [0.3, 0.4) is 0 Å². The van der Waals surface area contributed by atoms with Crippen molar-refractivity contribution in [1.82, 2.24) is 0 Å². The van der Waals surface area contributed by atoms with Crippen LogP contribution < -0.4 is 0 Å². The van der Waals surface area contributed by atoms with Crippen molar-refractivity contribution in [3.8, 4) is 0 Å². The number of hydrogen-bond donors (Lipinski definition) is 0. The van der Waals surface area contributed by atoms with Crippen LogP contribution in [0.25, 0.3) is 0 Å². The van der Waals surface area contributed by atoms with Crippen LogP contribution >= 0.6 is 11.8 Å². The maximum absolute atomic E-state index is 11.2. The van der Waals surface area contributed by atoms with Crippen LogP contribution in [-0.4, -0.2) is 30.6 Å². The molecule has 0 aromatic rings. The van der Waals surface area contributed by atoms with Crippen molar-refractivity contribution in [2.24, 2.45) is 0 Å². The highest BCUT2D eigenvalue weighted by molar-refractivity contribution is 8.01. The van der Waals surface area contributed by atoms with E-state index >= 15 is 0 Å². The monoisotopic (exact) mass is 330 g/mol. The molecule has 0 radical (unpaired) electrons. The normalized spacial score (nSPS) is 33.6. The number of esters is 1. The molecule has 0 N–H and O–H groups in total. The van der Waals surface area contributed by atoms with Gasteiger partial charge in [0.05, 0.1) is 6.10 Å². The first-order chi connectivity index (χ1) is 9.56. The molecule has 0 unspecified atom stereocenters. The van der Waals surface area contributed by atoms with E-state index in [1.165, 1.54) is 19.8 Å². The highest BCUT2D eigenvalue weighted by Crippen LogP contribution is 2.55. The van der Waals surface area contributed by atoms with Gasteiger partial charge in [-0.15, -0.1) is 11.8 Å². The number of hydrogen-bond acceptors (Lipinski definition) is 4. The van der Waals surface area contributed by atoms with E-state index in [0.29, 0.717) is 6.10 Å². The average Bonchev–Trinajstić information content (AvgIpc) is 2.86. The van der Waals surface area contributed by atoms with Crippen molar-refractivity contribution in [1.29, 1.82) is 0 Å². The molecule has 5 heteroatoms. The Balaban J connectivity index is 2.06. The maximum atomic E-state index is 11.2. The molecule has 21 heavy (non-hydrogen) atoms. The van der Waals surface area contributed by atoms with Crippen molar-refractivity contribution in [3.05, 3.63) is 0 Å². The van der Waals surface area contributed by atoms with Gasteiger partial charge in [-0.3, -0.25) is 4.79 Å². The fraction of sp³-hybridized carbons (Fsp3) is 0.938. The van der Waals surface area contributed by atoms with Crippen LogP contribution in [0.15, 0.2) is 0 Å². The van der Waals surface area contributed by atoms with Gasteiger partial charge in [0.2, 0.25) is 0 Å². The van der Waals surface area contributed by atoms with Gasteiger partial charge < -0.3 is 9.16 Å². The molecule has 3 nitrogen and oxygen atoms in total. The van der Waals surface area contributed by atoms with Crippen LogP contribution in [0.1, 0.15) is 59.8 Å². The molecule has 1 saturated carbocycles. The fourth-order valence-electron chi connectivity index (χ4n) is 3.14. The molecule has 0 aromatic carbocycles. The highest BCUT2D eigenvalue weighted by atomic mass is 32.2. The third kappa shape index (κ3) is 3.67. The van der Waals surface area contributed by atoms with Crippen LogP contribution in [0.2, 0.25) is 18.1 Å². The smallest absolute Gasteiger partial charge is 0.303 e. The number of thioether (sulfide) groups is 1. The summed E-state index contributed by atoms with van der Waals surface area (Å²) >= 11 is 1.86. The lowest BCUT2D eigenvalue weighted by Crippen LogP contribution is -2.48. The Morgan fingerprint density at radius 3 is 2.48 bits per heavy atom. The van der Waals surface area contributed by atoms with Crippen molar-refractivity contribution >= 4 is 26.0 Å². The standard InChI is InChI=1S/C16H30O3SSi/c1-12(17)18-14-9-11-16(20-14)10-7-8-13(16)19-21(5,6)15(2,3)4/h13-14H,7-11H2,1-6H3/t13-,14-,16-/m0/s1. The average molecular weight is 331 g/mol. The van der Waals surface area contributed by atoms with Crippen molar-refractivity contribution in [2.75, 3.05) is 0 Å². The van der Waals surface area contributed by atoms with Crippen LogP contribution in [0.4, 0.5) is 0 Å². The van der Waals surface area contributed by atoms with E-state index in [4.69, 9.17) is 9.16 Å². The van der Waals surface area contributed by atoms with Crippen molar-refractivity contribution in [3.63, 3.8) is 0 Å². The molecule has 2 fully saturated rings. The summed E-state index contributed by atoms with van der Waals surface area (Å²) in [7, 11) is -1.74. The predicted octanol–water partition coefficient (Wildman–Crippen LogP) is 4.72. The van der Waals surface area contributed by atoms with Gasteiger partial charge in [-0.2, -0.15) is 0 Å². The second-order valence-corrected chi connectivity index (χ2v) is 14.4. The Bertz CT molecular complexity index is 405. The van der Waals surface area contributed by atoms with Gasteiger partial charge >= 0.3 is 5.97 Å². The summed E-state index contributed by atoms with van der Waals surface area (Å²) in [5.74, 6) is -0.163. The van der Waals surface area contributed by atoms with Crippen LogP contribution in [-0.2, 0) is 14.0 Å². The van der Waals surface area contributed by atoms with Gasteiger partial charge in [-0.05, 0) is 50.2 Å².